The molecule has 6 nitrogen and oxygen atoms in total. The van der Waals surface area contributed by atoms with Crippen LogP contribution in [-0.4, -0.2) is 31.2 Å². The van der Waals surface area contributed by atoms with Crippen molar-refractivity contribution in [1.29, 1.82) is 0 Å². The molecule has 0 N–H and O–H groups in total. The van der Waals surface area contributed by atoms with E-state index < -0.39 is 5.97 Å². The molecule has 0 amide bonds. The molecule has 1 aromatic rings. The summed E-state index contributed by atoms with van der Waals surface area (Å²) in [5.74, 6) is 0.158. The number of nitro groups is 1. The van der Waals surface area contributed by atoms with Crippen molar-refractivity contribution >= 4 is 5.97 Å². The van der Waals surface area contributed by atoms with E-state index in [1.165, 1.54) is 7.11 Å². The summed E-state index contributed by atoms with van der Waals surface area (Å²) in [4.78, 5) is 20.8. The van der Waals surface area contributed by atoms with Crippen LogP contribution in [0.4, 0.5) is 0 Å². The molecule has 0 saturated carbocycles. The Morgan fingerprint density at radius 2 is 2.00 bits per heavy atom. The molecule has 0 saturated heterocycles. The van der Waals surface area contributed by atoms with Crippen LogP contribution in [0.15, 0.2) is 24.3 Å². The second kappa shape index (κ2) is 6.47. The molecule has 0 bridgehead atoms. The monoisotopic (exact) mass is 239 g/mol. The summed E-state index contributed by atoms with van der Waals surface area (Å²) in [5.41, 5.74) is 0.435. The molecule has 6 heteroatoms. The fraction of sp³-hybridized carbons (Fsp3) is 0.364. The van der Waals surface area contributed by atoms with Gasteiger partial charge in [0.25, 0.3) is 0 Å². The van der Waals surface area contributed by atoms with Gasteiger partial charge >= 0.3 is 5.97 Å². The van der Waals surface area contributed by atoms with Crippen LogP contribution in [0.1, 0.15) is 16.8 Å². The second-order valence-corrected chi connectivity index (χ2v) is 3.27. The lowest BCUT2D eigenvalue weighted by molar-refractivity contribution is -0.480. The van der Waals surface area contributed by atoms with Crippen LogP contribution in [-0.2, 0) is 4.74 Å². The van der Waals surface area contributed by atoms with Gasteiger partial charge in [-0.2, -0.15) is 0 Å². The van der Waals surface area contributed by atoms with Crippen molar-refractivity contribution < 1.29 is 19.2 Å². The SMILES string of the molecule is COC(=O)c1ccc(OCCC[N+](=O)[O-])cc1. The lowest BCUT2D eigenvalue weighted by Gasteiger charge is -2.05. The van der Waals surface area contributed by atoms with Crippen molar-refractivity contribution in [2.45, 2.75) is 6.42 Å². The number of carbonyl (C=O) groups excluding carboxylic acids is 1. The van der Waals surface area contributed by atoms with Gasteiger partial charge < -0.3 is 9.47 Å². The molecule has 0 aliphatic heterocycles. The van der Waals surface area contributed by atoms with Gasteiger partial charge in [-0.1, -0.05) is 0 Å². The highest BCUT2D eigenvalue weighted by Crippen LogP contribution is 2.12. The summed E-state index contributed by atoms with van der Waals surface area (Å²) < 4.78 is 9.81. The number of benzene rings is 1. The van der Waals surface area contributed by atoms with Crippen LogP contribution >= 0.6 is 0 Å². The van der Waals surface area contributed by atoms with Gasteiger partial charge in [0, 0.05) is 11.3 Å². The quantitative estimate of drug-likeness (QED) is 0.325. The Hall–Kier alpha value is -2.11. The number of hydrogen-bond donors (Lipinski definition) is 0. The van der Waals surface area contributed by atoms with E-state index in [2.05, 4.69) is 4.74 Å². The van der Waals surface area contributed by atoms with Gasteiger partial charge in [0.15, 0.2) is 0 Å². The molecule has 0 aliphatic carbocycles. The smallest absolute Gasteiger partial charge is 0.337 e. The fourth-order valence-corrected chi connectivity index (χ4v) is 1.19. The molecule has 0 radical (unpaired) electrons. The highest BCUT2D eigenvalue weighted by Gasteiger charge is 2.04. The van der Waals surface area contributed by atoms with Crippen molar-refractivity contribution in [3.8, 4) is 5.75 Å². The van der Waals surface area contributed by atoms with E-state index in [0.717, 1.165) is 0 Å². The molecule has 0 atom stereocenters. The minimum absolute atomic E-state index is 0.111. The number of hydrogen-bond acceptors (Lipinski definition) is 5. The Balaban J connectivity index is 2.40. The summed E-state index contributed by atoms with van der Waals surface area (Å²) in [6.45, 7) is 0.165. The van der Waals surface area contributed by atoms with E-state index in [-0.39, 0.29) is 18.1 Å². The molecule has 0 aliphatic rings. The third kappa shape index (κ3) is 4.50. The Morgan fingerprint density at radius 3 is 2.53 bits per heavy atom. The van der Waals surface area contributed by atoms with Crippen molar-refractivity contribution in [3.63, 3.8) is 0 Å². The number of methoxy groups -OCH3 is 1. The first-order chi connectivity index (χ1) is 8.13. The predicted molar refractivity (Wildman–Crippen MR) is 59.8 cm³/mol. The maximum absolute atomic E-state index is 11.1. The molecule has 1 rings (SSSR count). The molecular weight excluding hydrogens is 226 g/mol. The Morgan fingerprint density at radius 1 is 1.35 bits per heavy atom. The second-order valence-electron chi connectivity index (χ2n) is 3.27. The Bertz CT molecular complexity index is 387. The summed E-state index contributed by atoms with van der Waals surface area (Å²) in [6, 6.07) is 6.40. The highest BCUT2D eigenvalue weighted by molar-refractivity contribution is 5.89. The van der Waals surface area contributed by atoms with Crippen LogP contribution in [0.25, 0.3) is 0 Å². The zero-order chi connectivity index (χ0) is 12.7. The van der Waals surface area contributed by atoms with Gasteiger partial charge in [0.05, 0.1) is 19.3 Å². The summed E-state index contributed by atoms with van der Waals surface area (Å²) >= 11 is 0. The molecule has 92 valence electrons. The van der Waals surface area contributed by atoms with Gasteiger partial charge in [0.1, 0.15) is 5.75 Å². The number of esters is 1. The average Bonchev–Trinajstić information content (AvgIpc) is 2.34. The summed E-state index contributed by atoms with van der Waals surface area (Å²) in [6.07, 6.45) is 0.353. The first-order valence-corrected chi connectivity index (χ1v) is 5.06. The molecule has 17 heavy (non-hydrogen) atoms. The number of nitrogens with zero attached hydrogens (tertiary/aromatic N) is 1. The summed E-state index contributed by atoms with van der Waals surface area (Å²) in [5, 5.41) is 10.1. The summed E-state index contributed by atoms with van der Waals surface area (Å²) in [7, 11) is 1.31. The lowest BCUT2D eigenvalue weighted by Crippen LogP contribution is -2.07. The maximum atomic E-state index is 11.1. The van der Waals surface area contributed by atoms with Gasteiger partial charge in [-0.25, -0.2) is 4.79 Å². The van der Waals surface area contributed by atoms with Crippen LogP contribution in [0.5, 0.6) is 5.75 Å². The maximum Gasteiger partial charge on any atom is 0.337 e. The van der Waals surface area contributed by atoms with Crippen molar-refractivity contribution in [3.05, 3.63) is 39.9 Å². The predicted octanol–water partition coefficient (Wildman–Crippen LogP) is 1.52. The minimum Gasteiger partial charge on any atom is -0.493 e. The van der Waals surface area contributed by atoms with E-state index in [1.807, 2.05) is 0 Å². The molecule has 1 aromatic carbocycles. The van der Waals surface area contributed by atoms with Gasteiger partial charge in [-0.05, 0) is 24.3 Å². The third-order valence-corrected chi connectivity index (χ3v) is 2.03. The van der Waals surface area contributed by atoms with Crippen LogP contribution in [0.2, 0.25) is 0 Å². The number of carbonyl (C=O) groups is 1. The number of rotatable bonds is 6. The first-order valence-electron chi connectivity index (χ1n) is 5.06. The largest absolute Gasteiger partial charge is 0.493 e. The normalized spacial score (nSPS) is 9.71. The van der Waals surface area contributed by atoms with Crippen molar-refractivity contribution in [1.82, 2.24) is 0 Å². The molecular formula is C11H13NO5. The average molecular weight is 239 g/mol. The Labute approximate surface area is 98.3 Å². The van der Waals surface area contributed by atoms with E-state index >= 15 is 0 Å². The molecule has 0 heterocycles. The minimum atomic E-state index is -0.412. The third-order valence-electron chi connectivity index (χ3n) is 2.03. The van der Waals surface area contributed by atoms with Crippen molar-refractivity contribution in [2.24, 2.45) is 0 Å². The first kappa shape index (κ1) is 13.0. The van der Waals surface area contributed by atoms with Gasteiger partial charge in [0.2, 0.25) is 6.54 Å². The molecule has 0 aromatic heterocycles. The zero-order valence-corrected chi connectivity index (χ0v) is 9.42. The van der Waals surface area contributed by atoms with Crippen molar-refractivity contribution in [2.75, 3.05) is 20.3 Å². The van der Waals surface area contributed by atoms with E-state index in [1.54, 1.807) is 24.3 Å². The standard InChI is InChI=1S/C11H13NO5/c1-16-11(13)9-3-5-10(6-4-9)17-8-2-7-12(14)15/h3-6H,2,7-8H2,1H3. The topological polar surface area (TPSA) is 78.7 Å². The van der Waals surface area contributed by atoms with Gasteiger partial charge in [-0.3, -0.25) is 10.1 Å². The molecule has 0 spiro atoms. The fourth-order valence-electron chi connectivity index (χ4n) is 1.19. The van der Waals surface area contributed by atoms with E-state index in [4.69, 9.17) is 4.74 Å². The number of ether oxygens (including phenoxy) is 2. The van der Waals surface area contributed by atoms with E-state index in [9.17, 15) is 14.9 Å². The van der Waals surface area contributed by atoms with E-state index in [0.29, 0.717) is 17.7 Å². The molecule has 0 unspecified atom stereocenters. The zero-order valence-electron chi connectivity index (χ0n) is 9.42. The van der Waals surface area contributed by atoms with Crippen LogP contribution in [0, 0.1) is 10.1 Å². The molecule has 0 fully saturated rings. The Kier molecular flexibility index (Phi) is 4.93. The van der Waals surface area contributed by atoms with Gasteiger partial charge in [-0.15, -0.1) is 0 Å². The van der Waals surface area contributed by atoms with Crippen LogP contribution in [0.3, 0.4) is 0 Å². The highest BCUT2D eigenvalue weighted by atomic mass is 16.6. The lowest BCUT2D eigenvalue weighted by atomic mass is 10.2. The van der Waals surface area contributed by atoms with Crippen LogP contribution < -0.4 is 4.74 Å².